The van der Waals surface area contributed by atoms with Crippen molar-refractivity contribution in [3.63, 3.8) is 0 Å². The maximum Gasteiger partial charge on any atom is 0.221 e. The Balaban J connectivity index is 2.15. The molecule has 0 radical (unpaired) electrons. The van der Waals surface area contributed by atoms with Gasteiger partial charge in [0.2, 0.25) is 6.29 Å². The summed E-state index contributed by atoms with van der Waals surface area (Å²) >= 11 is 0. The second-order valence-electron chi connectivity index (χ2n) is 5.15. The monoisotopic (exact) mass is 294 g/mol. The van der Waals surface area contributed by atoms with E-state index in [-0.39, 0.29) is 0 Å². The topological polar surface area (TPSA) is 46.8 Å². The highest BCUT2D eigenvalue weighted by molar-refractivity contribution is 6.09. The highest BCUT2D eigenvalue weighted by atomic mass is 16.7. The molecule has 0 aliphatic heterocycles. The minimum Gasteiger partial charge on any atom is -0.364 e. The van der Waals surface area contributed by atoms with Crippen LogP contribution in [0.4, 0.5) is 0 Å². The lowest BCUT2D eigenvalue weighted by atomic mass is 10.1. The third-order valence-corrected chi connectivity index (χ3v) is 3.48. The quantitative estimate of drug-likeness (QED) is 0.453. The van der Waals surface area contributed by atoms with Crippen LogP contribution < -0.4 is 0 Å². The van der Waals surface area contributed by atoms with Crippen LogP contribution in [0.2, 0.25) is 0 Å². The molecule has 1 unspecified atom stereocenters. The van der Waals surface area contributed by atoms with Crippen LogP contribution in [0.3, 0.4) is 0 Å². The molecule has 0 aliphatic rings. The van der Waals surface area contributed by atoms with Gasteiger partial charge in [-0.05, 0) is 25.1 Å². The molecule has 0 fully saturated rings. The van der Waals surface area contributed by atoms with Crippen molar-refractivity contribution in [2.75, 3.05) is 0 Å². The van der Waals surface area contributed by atoms with E-state index in [9.17, 15) is 5.11 Å². The van der Waals surface area contributed by atoms with Gasteiger partial charge in [-0.15, -0.1) is 0 Å². The SMILES string of the molecule is C/C(=N\OC(C)O)c1cn(-c2ccccc2)c2ccccc12. The Labute approximate surface area is 129 Å². The molecule has 2 aromatic carbocycles. The average Bonchev–Trinajstić information content (AvgIpc) is 2.93. The molecule has 0 saturated carbocycles. The first-order valence-corrected chi connectivity index (χ1v) is 7.21. The summed E-state index contributed by atoms with van der Waals surface area (Å²) in [6.07, 6.45) is 1.13. The van der Waals surface area contributed by atoms with Crippen molar-refractivity contribution in [3.05, 3.63) is 66.4 Å². The third-order valence-electron chi connectivity index (χ3n) is 3.48. The molecule has 3 aromatic rings. The summed E-state index contributed by atoms with van der Waals surface area (Å²) in [6.45, 7) is 3.41. The van der Waals surface area contributed by atoms with Crippen LogP contribution in [0, 0.1) is 0 Å². The Kier molecular flexibility index (Phi) is 3.94. The normalized spacial score (nSPS) is 13.3. The first-order chi connectivity index (χ1) is 10.7. The van der Waals surface area contributed by atoms with Crippen LogP contribution in [-0.4, -0.2) is 21.7 Å². The third kappa shape index (κ3) is 2.73. The van der Waals surface area contributed by atoms with Crippen molar-refractivity contribution in [2.45, 2.75) is 20.1 Å². The van der Waals surface area contributed by atoms with E-state index in [4.69, 9.17) is 4.84 Å². The van der Waals surface area contributed by atoms with E-state index in [0.29, 0.717) is 0 Å². The van der Waals surface area contributed by atoms with E-state index in [1.54, 1.807) is 0 Å². The number of oxime groups is 1. The van der Waals surface area contributed by atoms with Gasteiger partial charge in [0.05, 0.1) is 11.2 Å². The molecule has 1 atom stereocenters. The Morgan fingerprint density at radius 2 is 1.77 bits per heavy atom. The zero-order chi connectivity index (χ0) is 15.5. The van der Waals surface area contributed by atoms with Gasteiger partial charge < -0.3 is 14.5 Å². The smallest absolute Gasteiger partial charge is 0.221 e. The van der Waals surface area contributed by atoms with Crippen LogP contribution in [0.5, 0.6) is 0 Å². The summed E-state index contributed by atoms with van der Waals surface area (Å²) in [4.78, 5) is 4.96. The second-order valence-corrected chi connectivity index (χ2v) is 5.15. The van der Waals surface area contributed by atoms with Gasteiger partial charge in [-0.3, -0.25) is 0 Å². The molecule has 3 rings (SSSR count). The molecule has 112 valence electrons. The van der Waals surface area contributed by atoms with Crippen LogP contribution in [0.25, 0.3) is 16.6 Å². The fourth-order valence-corrected chi connectivity index (χ4v) is 2.47. The number of hydrogen-bond acceptors (Lipinski definition) is 3. The number of fused-ring (bicyclic) bond motifs is 1. The van der Waals surface area contributed by atoms with Gasteiger partial charge in [0, 0.05) is 29.8 Å². The van der Waals surface area contributed by atoms with Crippen LogP contribution in [-0.2, 0) is 4.84 Å². The van der Waals surface area contributed by atoms with Gasteiger partial charge >= 0.3 is 0 Å². The fraction of sp³-hybridized carbons (Fsp3) is 0.167. The van der Waals surface area contributed by atoms with Gasteiger partial charge in [0.15, 0.2) is 0 Å². The van der Waals surface area contributed by atoms with E-state index >= 15 is 0 Å². The summed E-state index contributed by atoms with van der Waals surface area (Å²) in [7, 11) is 0. The second kappa shape index (κ2) is 6.03. The molecule has 1 heterocycles. The summed E-state index contributed by atoms with van der Waals surface area (Å²) in [5.41, 5.74) is 3.91. The number of nitrogens with zero attached hydrogens (tertiary/aromatic N) is 2. The molecule has 0 saturated heterocycles. The molecule has 0 bridgehead atoms. The fourth-order valence-electron chi connectivity index (χ4n) is 2.47. The minimum atomic E-state index is -0.919. The standard InChI is InChI=1S/C18H18N2O2/c1-13(19-22-14(2)21)17-12-20(15-8-4-3-5-9-15)18-11-7-6-10-16(17)18/h3-12,14,21H,1-2H3/b19-13+. The molecule has 4 nitrogen and oxygen atoms in total. The Bertz CT molecular complexity index is 804. The Hall–Kier alpha value is -2.59. The number of para-hydroxylation sites is 2. The molecule has 1 aromatic heterocycles. The van der Waals surface area contributed by atoms with Gasteiger partial charge in [0.25, 0.3) is 0 Å². The predicted octanol–water partition coefficient (Wildman–Crippen LogP) is 3.71. The molecule has 0 amide bonds. The van der Waals surface area contributed by atoms with Crippen molar-refractivity contribution in [2.24, 2.45) is 5.16 Å². The maximum atomic E-state index is 9.21. The van der Waals surface area contributed by atoms with Crippen molar-refractivity contribution in [1.29, 1.82) is 0 Å². The average molecular weight is 294 g/mol. The lowest BCUT2D eigenvalue weighted by Gasteiger charge is -2.04. The summed E-state index contributed by atoms with van der Waals surface area (Å²) in [5, 5.41) is 14.3. The van der Waals surface area contributed by atoms with E-state index in [2.05, 4.69) is 34.0 Å². The Morgan fingerprint density at radius 1 is 1.09 bits per heavy atom. The van der Waals surface area contributed by atoms with E-state index in [1.807, 2.05) is 43.5 Å². The molecular formula is C18H18N2O2. The molecule has 0 aliphatic carbocycles. The first-order valence-electron chi connectivity index (χ1n) is 7.21. The van der Waals surface area contributed by atoms with E-state index in [1.165, 1.54) is 6.92 Å². The highest BCUT2D eigenvalue weighted by Gasteiger charge is 2.12. The molecule has 0 spiro atoms. The van der Waals surface area contributed by atoms with Crippen molar-refractivity contribution in [1.82, 2.24) is 4.57 Å². The van der Waals surface area contributed by atoms with Crippen LogP contribution >= 0.6 is 0 Å². The zero-order valence-corrected chi connectivity index (χ0v) is 12.6. The Morgan fingerprint density at radius 3 is 2.50 bits per heavy atom. The number of hydrogen-bond donors (Lipinski definition) is 1. The van der Waals surface area contributed by atoms with E-state index < -0.39 is 6.29 Å². The predicted molar refractivity (Wildman–Crippen MR) is 88.3 cm³/mol. The van der Waals surface area contributed by atoms with Gasteiger partial charge in [-0.1, -0.05) is 41.6 Å². The largest absolute Gasteiger partial charge is 0.364 e. The summed E-state index contributed by atoms with van der Waals surface area (Å²) in [5.74, 6) is 0. The summed E-state index contributed by atoms with van der Waals surface area (Å²) < 4.78 is 2.13. The number of aliphatic hydroxyl groups excluding tert-OH is 1. The van der Waals surface area contributed by atoms with Gasteiger partial charge in [0.1, 0.15) is 0 Å². The number of rotatable bonds is 4. The van der Waals surface area contributed by atoms with Crippen molar-refractivity contribution in [3.8, 4) is 5.69 Å². The van der Waals surface area contributed by atoms with Crippen molar-refractivity contribution < 1.29 is 9.94 Å². The van der Waals surface area contributed by atoms with Crippen LogP contribution in [0.1, 0.15) is 19.4 Å². The lowest BCUT2D eigenvalue weighted by Crippen LogP contribution is -2.04. The summed E-state index contributed by atoms with van der Waals surface area (Å²) in [6, 6.07) is 18.3. The van der Waals surface area contributed by atoms with E-state index in [0.717, 1.165) is 27.9 Å². The highest BCUT2D eigenvalue weighted by Crippen LogP contribution is 2.25. The maximum absolute atomic E-state index is 9.21. The van der Waals surface area contributed by atoms with Crippen LogP contribution in [0.15, 0.2) is 65.9 Å². The molecule has 1 N–H and O–H groups in total. The number of aliphatic hydroxyl groups is 1. The first kappa shape index (κ1) is 14.4. The molecule has 22 heavy (non-hydrogen) atoms. The lowest BCUT2D eigenvalue weighted by molar-refractivity contribution is -0.0836. The van der Waals surface area contributed by atoms with Gasteiger partial charge in [-0.25, -0.2) is 0 Å². The minimum absolute atomic E-state index is 0.729. The van der Waals surface area contributed by atoms with Gasteiger partial charge in [-0.2, -0.15) is 0 Å². The zero-order valence-electron chi connectivity index (χ0n) is 12.6. The molecule has 4 heteroatoms. The molecular weight excluding hydrogens is 276 g/mol. The van der Waals surface area contributed by atoms with Crippen molar-refractivity contribution >= 4 is 16.6 Å². The number of aromatic nitrogens is 1. The number of benzene rings is 2.